The third kappa shape index (κ3) is 4.79. The first kappa shape index (κ1) is 23.3. The molecule has 2 heterocycles. The van der Waals surface area contributed by atoms with E-state index in [4.69, 9.17) is 16.3 Å². The molecule has 0 bridgehead atoms. The Kier molecular flexibility index (Phi) is 7.41. The second-order valence-corrected chi connectivity index (χ2v) is 8.81. The van der Waals surface area contributed by atoms with Crippen molar-refractivity contribution in [2.45, 2.75) is 38.5 Å². The van der Waals surface area contributed by atoms with E-state index in [1.807, 2.05) is 19.9 Å². The van der Waals surface area contributed by atoms with Crippen LogP contribution < -0.4 is 5.56 Å². The molecule has 0 aliphatic carbocycles. The van der Waals surface area contributed by atoms with Crippen LogP contribution in [0.3, 0.4) is 0 Å². The lowest BCUT2D eigenvalue weighted by molar-refractivity contribution is 0.102. The molecular formula is C23H26ClN3O3S. The summed E-state index contributed by atoms with van der Waals surface area (Å²) >= 11 is 7.30. The van der Waals surface area contributed by atoms with E-state index in [2.05, 4.69) is 23.1 Å². The van der Waals surface area contributed by atoms with Gasteiger partial charge in [0.05, 0.1) is 29.3 Å². The molecule has 0 radical (unpaired) electrons. The maximum atomic E-state index is 13.0. The van der Waals surface area contributed by atoms with Gasteiger partial charge in [0.2, 0.25) is 0 Å². The zero-order chi connectivity index (χ0) is 22.7. The maximum absolute atomic E-state index is 13.0. The number of halogens is 1. The van der Waals surface area contributed by atoms with Gasteiger partial charge in [-0.1, -0.05) is 29.4 Å². The van der Waals surface area contributed by atoms with Crippen LogP contribution in [0.5, 0.6) is 0 Å². The van der Waals surface area contributed by atoms with Crippen molar-refractivity contribution in [2.24, 2.45) is 0 Å². The van der Waals surface area contributed by atoms with Crippen molar-refractivity contribution in [2.75, 3.05) is 19.5 Å². The molecule has 0 aliphatic heterocycles. The summed E-state index contributed by atoms with van der Waals surface area (Å²) in [7, 11) is 1.67. The Morgan fingerprint density at radius 1 is 1.35 bits per heavy atom. The van der Waals surface area contributed by atoms with Crippen molar-refractivity contribution in [3.63, 3.8) is 0 Å². The second kappa shape index (κ2) is 9.85. The number of ketones is 1. The number of aryl methyl sites for hydroxylation is 1. The van der Waals surface area contributed by atoms with Gasteiger partial charge in [0.15, 0.2) is 10.9 Å². The van der Waals surface area contributed by atoms with Gasteiger partial charge in [-0.25, -0.2) is 4.98 Å². The van der Waals surface area contributed by atoms with Crippen LogP contribution in [0, 0.1) is 13.8 Å². The number of allylic oxidation sites excluding steroid dienone is 1. The van der Waals surface area contributed by atoms with Crippen molar-refractivity contribution < 1.29 is 9.53 Å². The number of benzene rings is 1. The van der Waals surface area contributed by atoms with Crippen LogP contribution in [0.15, 0.2) is 46.9 Å². The van der Waals surface area contributed by atoms with Crippen LogP contribution in [-0.2, 0) is 11.3 Å². The average molecular weight is 460 g/mol. The summed E-state index contributed by atoms with van der Waals surface area (Å²) in [5, 5.41) is 1.40. The topological polar surface area (TPSA) is 66.1 Å². The maximum Gasteiger partial charge on any atom is 0.262 e. The van der Waals surface area contributed by atoms with E-state index < -0.39 is 0 Å². The Morgan fingerprint density at radius 3 is 2.77 bits per heavy atom. The van der Waals surface area contributed by atoms with Gasteiger partial charge >= 0.3 is 0 Å². The number of aromatic nitrogens is 3. The van der Waals surface area contributed by atoms with Gasteiger partial charge < -0.3 is 9.30 Å². The second-order valence-electron chi connectivity index (χ2n) is 7.43. The number of thioether (sulfide) groups is 1. The monoisotopic (exact) mass is 459 g/mol. The van der Waals surface area contributed by atoms with E-state index in [-0.39, 0.29) is 23.1 Å². The third-order valence-corrected chi connectivity index (χ3v) is 6.37. The smallest absolute Gasteiger partial charge is 0.262 e. The first-order valence-electron chi connectivity index (χ1n) is 9.92. The molecular weight excluding hydrogens is 434 g/mol. The van der Waals surface area contributed by atoms with Crippen LogP contribution >= 0.6 is 23.4 Å². The molecule has 6 nitrogen and oxygen atoms in total. The minimum absolute atomic E-state index is 0.00966. The molecule has 8 heteroatoms. The van der Waals surface area contributed by atoms with Gasteiger partial charge in [0, 0.05) is 35.6 Å². The fourth-order valence-electron chi connectivity index (χ4n) is 3.83. The van der Waals surface area contributed by atoms with Gasteiger partial charge in [-0.05, 0) is 45.0 Å². The molecule has 1 unspecified atom stereocenters. The SMILES string of the molecule is C=CCn1c(SCC(=O)c2cc(C)n(C(C)COC)c2C)nc2ccc(Cl)cc2c1=O. The quantitative estimate of drug-likeness (QED) is 0.198. The summed E-state index contributed by atoms with van der Waals surface area (Å²) in [6.45, 7) is 10.6. The fourth-order valence-corrected chi connectivity index (χ4v) is 4.90. The lowest BCUT2D eigenvalue weighted by Crippen LogP contribution is -2.23. The molecule has 31 heavy (non-hydrogen) atoms. The molecule has 0 N–H and O–H groups in total. The highest BCUT2D eigenvalue weighted by molar-refractivity contribution is 7.99. The predicted molar refractivity (Wildman–Crippen MR) is 127 cm³/mol. The van der Waals surface area contributed by atoms with Crippen molar-refractivity contribution in [3.8, 4) is 0 Å². The summed E-state index contributed by atoms with van der Waals surface area (Å²) in [6.07, 6.45) is 1.64. The van der Waals surface area contributed by atoms with Crippen LogP contribution in [0.1, 0.15) is 34.7 Å². The third-order valence-electron chi connectivity index (χ3n) is 5.16. The van der Waals surface area contributed by atoms with Crippen LogP contribution in [-0.4, -0.2) is 39.4 Å². The highest BCUT2D eigenvalue weighted by Gasteiger charge is 2.20. The number of hydrogen-bond acceptors (Lipinski definition) is 5. The Labute approximate surface area is 190 Å². The molecule has 0 fully saturated rings. The Bertz CT molecular complexity index is 1200. The number of Topliss-reactive ketones (excluding diaryl/α,β-unsaturated/α-hetero) is 1. The largest absolute Gasteiger partial charge is 0.383 e. The Morgan fingerprint density at radius 2 is 2.10 bits per heavy atom. The number of nitrogens with zero attached hydrogens (tertiary/aromatic N) is 3. The number of fused-ring (bicyclic) bond motifs is 1. The number of rotatable bonds is 9. The number of carbonyl (C=O) groups is 1. The fraction of sp³-hybridized carbons (Fsp3) is 0.348. The Balaban J connectivity index is 1.91. The summed E-state index contributed by atoms with van der Waals surface area (Å²) < 4.78 is 8.91. The van der Waals surface area contributed by atoms with Crippen LogP contribution in [0.4, 0.5) is 0 Å². The zero-order valence-electron chi connectivity index (χ0n) is 18.1. The van der Waals surface area contributed by atoms with E-state index in [9.17, 15) is 9.59 Å². The van der Waals surface area contributed by atoms with E-state index in [0.29, 0.717) is 39.8 Å². The van der Waals surface area contributed by atoms with Crippen LogP contribution in [0.2, 0.25) is 5.02 Å². The number of carbonyl (C=O) groups excluding carboxylic acids is 1. The van der Waals surface area contributed by atoms with Gasteiger partial charge in [-0.2, -0.15) is 0 Å². The lowest BCUT2D eigenvalue weighted by Gasteiger charge is -2.17. The van der Waals surface area contributed by atoms with Crippen LogP contribution in [0.25, 0.3) is 10.9 Å². The molecule has 0 saturated carbocycles. The number of methoxy groups -OCH3 is 1. The van der Waals surface area contributed by atoms with E-state index in [1.165, 1.54) is 16.3 Å². The summed E-state index contributed by atoms with van der Waals surface area (Å²) in [4.78, 5) is 30.6. The molecule has 0 saturated heterocycles. The van der Waals surface area contributed by atoms with Gasteiger partial charge in [0.25, 0.3) is 5.56 Å². The summed E-state index contributed by atoms with van der Waals surface area (Å²) in [5.74, 6) is 0.163. The van der Waals surface area contributed by atoms with Crippen molar-refractivity contribution in [1.29, 1.82) is 0 Å². The Hall–Kier alpha value is -2.35. The first-order valence-corrected chi connectivity index (χ1v) is 11.3. The van der Waals surface area contributed by atoms with Crippen molar-refractivity contribution in [1.82, 2.24) is 14.1 Å². The van der Waals surface area contributed by atoms with E-state index >= 15 is 0 Å². The van der Waals surface area contributed by atoms with Gasteiger partial charge in [-0.15, -0.1) is 6.58 Å². The molecule has 2 aromatic heterocycles. The van der Waals surface area contributed by atoms with Gasteiger partial charge in [-0.3, -0.25) is 14.2 Å². The van der Waals surface area contributed by atoms with Crippen molar-refractivity contribution in [3.05, 3.63) is 69.2 Å². The van der Waals surface area contributed by atoms with E-state index in [1.54, 1.807) is 31.4 Å². The molecule has 3 rings (SSSR count). The van der Waals surface area contributed by atoms with Gasteiger partial charge in [0.1, 0.15) is 0 Å². The standard InChI is InChI=1S/C23H26ClN3O3S/c1-6-9-26-22(29)19-11-17(24)7-8-20(19)25-23(26)31-13-21(28)18-10-14(2)27(16(18)4)15(3)12-30-5/h6-8,10-11,15H,1,9,12-13H2,2-5H3. The average Bonchev–Trinajstić information content (AvgIpc) is 3.03. The molecule has 0 amide bonds. The molecule has 0 spiro atoms. The minimum atomic E-state index is -0.200. The number of hydrogen-bond donors (Lipinski definition) is 0. The van der Waals surface area contributed by atoms with E-state index in [0.717, 1.165) is 11.4 Å². The predicted octanol–water partition coefficient (Wildman–Crippen LogP) is 4.84. The summed E-state index contributed by atoms with van der Waals surface area (Å²) in [6, 6.07) is 7.07. The molecule has 3 aromatic rings. The molecule has 164 valence electrons. The normalized spacial score (nSPS) is 12.3. The molecule has 1 atom stereocenters. The molecule has 0 aliphatic rings. The zero-order valence-corrected chi connectivity index (χ0v) is 19.7. The molecule has 1 aromatic carbocycles. The highest BCUT2D eigenvalue weighted by Crippen LogP contribution is 2.25. The van der Waals surface area contributed by atoms with Crippen molar-refractivity contribution >= 4 is 40.0 Å². The lowest BCUT2D eigenvalue weighted by atomic mass is 10.2. The first-order chi connectivity index (χ1) is 14.8. The number of ether oxygens (including phenoxy) is 1. The minimum Gasteiger partial charge on any atom is -0.383 e. The summed E-state index contributed by atoms with van der Waals surface area (Å²) in [5.41, 5.74) is 2.96. The highest BCUT2D eigenvalue weighted by atomic mass is 35.5.